The van der Waals surface area contributed by atoms with Crippen molar-refractivity contribution >= 4 is 5.97 Å². The molecule has 20 heavy (non-hydrogen) atoms. The van der Waals surface area contributed by atoms with E-state index < -0.39 is 0 Å². The van der Waals surface area contributed by atoms with E-state index in [9.17, 15) is 4.79 Å². The van der Waals surface area contributed by atoms with Gasteiger partial charge in [0.25, 0.3) is 0 Å². The number of ether oxygens (including phenoxy) is 1. The van der Waals surface area contributed by atoms with Gasteiger partial charge in [0.15, 0.2) is 6.61 Å². The third-order valence-electron chi connectivity index (χ3n) is 3.04. The number of hydrogen-bond donors (Lipinski definition) is 0. The summed E-state index contributed by atoms with van der Waals surface area (Å²) in [6.45, 7) is 8.71. The van der Waals surface area contributed by atoms with E-state index in [1.807, 2.05) is 13.0 Å². The number of terminal acetylenes is 1. The predicted molar refractivity (Wildman–Crippen MR) is 85.2 cm³/mol. The fourth-order valence-electron chi connectivity index (χ4n) is 1.87. The summed E-state index contributed by atoms with van der Waals surface area (Å²) in [6.07, 6.45) is 15.5. The zero-order chi connectivity index (χ0) is 15.4. The van der Waals surface area contributed by atoms with Crippen LogP contribution in [0.25, 0.3) is 0 Å². The molecule has 0 fully saturated rings. The van der Waals surface area contributed by atoms with E-state index in [1.54, 1.807) is 0 Å². The van der Waals surface area contributed by atoms with Crippen molar-refractivity contribution in [3.8, 4) is 12.3 Å². The first-order valence-corrected chi connectivity index (χ1v) is 7.40. The molecule has 0 aromatic rings. The Morgan fingerprint density at radius 3 is 2.60 bits per heavy atom. The van der Waals surface area contributed by atoms with Crippen LogP contribution in [0.15, 0.2) is 23.8 Å². The number of carbonyl (C=O) groups excluding carboxylic acids is 1. The number of allylic oxidation sites excluding steroid dienone is 3. The predicted octanol–water partition coefficient (Wildman–Crippen LogP) is 4.52. The van der Waals surface area contributed by atoms with Crippen LogP contribution in [-0.2, 0) is 9.53 Å². The topological polar surface area (TPSA) is 26.3 Å². The number of rotatable bonds is 9. The lowest BCUT2D eigenvalue weighted by Gasteiger charge is -2.09. The smallest absolute Gasteiger partial charge is 0.331 e. The summed E-state index contributed by atoms with van der Waals surface area (Å²) in [7, 11) is 0. The van der Waals surface area contributed by atoms with Crippen molar-refractivity contribution in [3.05, 3.63) is 23.8 Å². The fourth-order valence-corrected chi connectivity index (χ4v) is 1.87. The summed E-state index contributed by atoms with van der Waals surface area (Å²) >= 11 is 0. The highest BCUT2D eigenvalue weighted by atomic mass is 16.5. The SMILES string of the molecule is C#CCOC(=O)/C=C(C)/C=C\C[C@@H](C)CCCC(C)C. The average molecular weight is 276 g/mol. The van der Waals surface area contributed by atoms with Gasteiger partial charge in [-0.1, -0.05) is 58.1 Å². The molecule has 0 saturated heterocycles. The Morgan fingerprint density at radius 1 is 1.30 bits per heavy atom. The molecular weight excluding hydrogens is 248 g/mol. The molecule has 0 heterocycles. The molecule has 0 unspecified atom stereocenters. The summed E-state index contributed by atoms with van der Waals surface area (Å²) in [6, 6.07) is 0. The van der Waals surface area contributed by atoms with Crippen LogP contribution < -0.4 is 0 Å². The molecule has 1 atom stereocenters. The Morgan fingerprint density at radius 2 is 2.00 bits per heavy atom. The molecule has 0 bridgehead atoms. The first-order chi connectivity index (χ1) is 9.45. The molecule has 0 aromatic heterocycles. The fraction of sp³-hybridized carbons (Fsp3) is 0.611. The Labute approximate surface area is 124 Å². The molecular formula is C18H28O2. The largest absolute Gasteiger partial charge is 0.449 e. The van der Waals surface area contributed by atoms with E-state index in [1.165, 1.54) is 25.3 Å². The lowest BCUT2D eigenvalue weighted by Crippen LogP contribution is -2.01. The van der Waals surface area contributed by atoms with Gasteiger partial charge in [-0.05, 0) is 30.8 Å². The summed E-state index contributed by atoms with van der Waals surface area (Å²) < 4.78 is 4.78. The molecule has 0 amide bonds. The molecule has 0 aromatic carbocycles. The molecule has 112 valence electrons. The van der Waals surface area contributed by atoms with E-state index in [4.69, 9.17) is 11.2 Å². The van der Waals surface area contributed by atoms with E-state index in [2.05, 4.69) is 32.8 Å². The number of hydrogen-bond acceptors (Lipinski definition) is 2. The zero-order valence-electron chi connectivity index (χ0n) is 13.3. The van der Waals surface area contributed by atoms with Crippen molar-refractivity contribution in [3.63, 3.8) is 0 Å². The van der Waals surface area contributed by atoms with Crippen molar-refractivity contribution in [2.45, 2.75) is 53.4 Å². The third kappa shape index (κ3) is 11.6. The minimum Gasteiger partial charge on any atom is -0.449 e. The van der Waals surface area contributed by atoms with Gasteiger partial charge in [0.1, 0.15) is 0 Å². The first kappa shape index (κ1) is 18.5. The zero-order valence-corrected chi connectivity index (χ0v) is 13.3. The van der Waals surface area contributed by atoms with Crippen molar-refractivity contribution in [2.75, 3.05) is 6.61 Å². The molecule has 0 saturated carbocycles. The molecule has 2 nitrogen and oxygen atoms in total. The van der Waals surface area contributed by atoms with Gasteiger partial charge in [-0.25, -0.2) is 4.79 Å². The van der Waals surface area contributed by atoms with Crippen LogP contribution in [0.5, 0.6) is 0 Å². The van der Waals surface area contributed by atoms with Gasteiger partial charge >= 0.3 is 5.97 Å². The van der Waals surface area contributed by atoms with Crippen LogP contribution in [0.4, 0.5) is 0 Å². The normalized spacial score (nSPS) is 13.5. The lowest BCUT2D eigenvalue weighted by atomic mass is 9.97. The maximum Gasteiger partial charge on any atom is 0.331 e. The average Bonchev–Trinajstić information content (AvgIpc) is 2.35. The Hall–Kier alpha value is -1.49. The number of esters is 1. The maximum atomic E-state index is 11.3. The molecule has 0 spiro atoms. The second-order valence-electron chi connectivity index (χ2n) is 5.77. The Balaban J connectivity index is 3.95. The van der Waals surface area contributed by atoms with Gasteiger partial charge in [0.2, 0.25) is 0 Å². The third-order valence-corrected chi connectivity index (χ3v) is 3.04. The summed E-state index contributed by atoms with van der Waals surface area (Å²) in [5.41, 5.74) is 0.890. The van der Waals surface area contributed by atoms with Crippen molar-refractivity contribution in [2.24, 2.45) is 11.8 Å². The van der Waals surface area contributed by atoms with Crippen LogP contribution in [0.3, 0.4) is 0 Å². The first-order valence-electron chi connectivity index (χ1n) is 7.40. The molecule has 0 rings (SSSR count). The second-order valence-corrected chi connectivity index (χ2v) is 5.77. The van der Waals surface area contributed by atoms with Crippen molar-refractivity contribution < 1.29 is 9.53 Å². The maximum absolute atomic E-state index is 11.3. The minimum absolute atomic E-state index is 0.0270. The Bertz CT molecular complexity index is 369. The second kappa shape index (κ2) is 11.3. The summed E-state index contributed by atoms with van der Waals surface area (Å²) in [5.74, 6) is 3.36. The molecule has 2 heteroatoms. The highest BCUT2D eigenvalue weighted by Crippen LogP contribution is 2.15. The molecule has 0 aliphatic heterocycles. The van der Waals surface area contributed by atoms with E-state index >= 15 is 0 Å². The molecule has 0 aliphatic carbocycles. The highest BCUT2D eigenvalue weighted by Gasteiger charge is 2.01. The van der Waals surface area contributed by atoms with Crippen LogP contribution in [0, 0.1) is 24.2 Å². The quantitative estimate of drug-likeness (QED) is 0.268. The van der Waals surface area contributed by atoms with Crippen LogP contribution in [-0.4, -0.2) is 12.6 Å². The van der Waals surface area contributed by atoms with Gasteiger partial charge in [0, 0.05) is 6.08 Å². The van der Waals surface area contributed by atoms with Gasteiger partial charge in [-0.2, -0.15) is 0 Å². The van der Waals surface area contributed by atoms with Crippen LogP contribution in [0.2, 0.25) is 0 Å². The number of carbonyl (C=O) groups is 1. The molecule has 0 aliphatic rings. The van der Waals surface area contributed by atoms with Gasteiger partial charge in [0.05, 0.1) is 0 Å². The van der Waals surface area contributed by atoms with Gasteiger partial charge in [-0.3, -0.25) is 0 Å². The van der Waals surface area contributed by atoms with Crippen molar-refractivity contribution in [1.29, 1.82) is 0 Å². The van der Waals surface area contributed by atoms with E-state index in [0.29, 0.717) is 5.92 Å². The summed E-state index contributed by atoms with van der Waals surface area (Å²) in [4.78, 5) is 11.3. The standard InChI is InChI=1S/C18H28O2/c1-6-13-20-18(19)14-17(5)12-8-11-16(4)10-7-9-15(2)3/h1,8,12,14-16H,7,9-11,13H2,2-5H3/b12-8-,17-14+/t16-/m0/s1. The van der Waals surface area contributed by atoms with Gasteiger partial charge < -0.3 is 4.74 Å². The highest BCUT2D eigenvalue weighted by molar-refractivity contribution is 5.83. The van der Waals surface area contributed by atoms with E-state index in [-0.39, 0.29) is 12.6 Å². The Kier molecular flexibility index (Phi) is 10.5. The van der Waals surface area contributed by atoms with Crippen molar-refractivity contribution in [1.82, 2.24) is 0 Å². The monoisotopic (exact) mass is 276 g/mol. The minimum atomic E-state index is -0.380. The van der Waals surface area contributed by atoms with Gasteiger partial charge in [-0.15, -0.1) is 6.42 Å². The van der Waals surface area contributed by atoms with Crippen LogP contribution in [0.1, 0.15) is 53.4 Å². The molecule has 0 radical (unpaired) electrons. The van der Waals surface area contributed by atoms with E-state index in [0.717, 1.165) is 17.9 Å². The summed E-state index contributed by atoms with van der Waals surface area (Å²) in [5, 5.41) is 0. The lowest BCUT2D eigenvalue weighted by molar-refractivity contribution is -0.136. The molecule has 0 N–H and O–H groups in total. The van der Waals surface area contributed by atoms with Crippen LogP contribution >= 0.6 is 0 Å².